The molecule has 0 aliphatic carbocycles. The maximum atomic E-state index is 9.86. The van der Waals surface area contributed by atoms with Gasteiger partial charge in [0.1, 0.15) is 0 Å². The van der Waals surface area contributed by atoms with Gasteiger partial charge in [0, 0.05) is 6.92 Å². The molecule has 0 aliphatic rings. The van der Waals surface area contributed by atoms with Crippen LogP contribution < -0.4 is 0 Å². The summed E-state index contributed by atoms with van der Waals surface area (Å²) in [6, 6.07) is 0. The van der Waals surface area contributed by atoms with Crippen LogP contribution in [0.5, 0.6) is 0 Å². The molecule has 0 unspecified atom stereocenters. The van der Waals surface area contributed by atoms with Gasteiger partial charge in [-0.15, -0.1) is 0 Å². The summed E-state index contributed by atoms with van der Waals surface area (Å²) in [5, 5.41) is 7.89. The van der Waals surface area contributed by atoms with E-state index < -0.39 is 18.5 Å². The Bertz CT molecular complexity index is 97.1. The van der Waals surface area contributed by atoms with Crippen LogP contribution in [0.1, 0.15) is 6.92 Å². The molecule has 5 heteroatoms. The van der Waals surface area contributed by atoms with E-state index in [9.17, 15) is 9.59 Å². The third kappa shape index (κ3) is 11.5. The van der Waals surface area contributed by atoms with Gasteiger partial charge in [-0.3, -0.25) is 4.79 Å². The van der Waals surface area contributed by atoms with Gasteiger partial charge in [-0.05, 0) is 0 Å². The summed E-state index contributed by atoms with van der Waals surface area (Å²) in [5.74, 6) is -1.72. The second-order valence-electron chi connectivity index (χ2n) is 1.17. The van der Waals surface area contributed by atoms with Crippen molar-refractivity contribution >= 4 is 41.5 Å². The van der Waals surface area contributed by atoms with Crippen molar-refractivity contribution in [3.63, 3.8) is 0 Å². The third-order valence-electron chi connectivity index (χ3n) is 0.399. The molecule has 0 amide bonds. The first-order chi connectivity index (χ1) is 3.63. The summed E-state index contributed by atoms with van der Waals surface area (Å²) in [4.78, 5) is 19.5. The number of hydrogen-bond acceptors (Lipinski definition) is 3. The fraction of sp³-hybridized carbons (Fsp3) is 0.500. The molecule has 48 valence electrons. The molecule has 0 atom stereocenters. The van der Waals surface area contributed by atoms with Gasteiger partial charge in [0.05, 0.1) is 0 Å². The topological polar surface area (TPSA) is 63.6 Å². The molecule has 0 fully saturated rings. The first kappa shape index (κ1) is 11.7. The molecule has 0 bridgehead atoms. The Morgan fingerprint density at radius 1 is 1.56 bits per heavy atom. The van der Waals surface area contributed by atoms with E-state index in [2.05, 4.69) is 4.74 Å². The minimum atomic E-state index is -1.14. The first-order valence-electron chi connectivity index (χ1n) is 1.98. The molecular formula is C4H7NaO4. The summed E-state index contributed by atoms with van der Waals surface area (Å²) in [7, 11) is 0. The first-order valence-corrected chi connectivity index (χ1v) is 1.98. The molecule has 0 radical (unpaired) electrons. The average molecular weight is 142 g/mol. The van der Waals surface area contributed by atoms with Gasteiger partial charge in [0.25, 0.3) is 0 Å². The molecule has 0 spiro atoms. The van der Waals surface area contributed by atoms with Crippen LogP contribution in [0.15, 0.2) is 0 Å². The molecule has 0 saturated carbocycles. The van der Waals surface area contributed by atoms with Crippen molar-refractivity contribution in [1.82, 2.24) is 0 Å². The van der Waals surface area contributed by atoms with Crippen LogP contribution in [0.3, 0.4) is 0 Å². The Morgan fingerprint density at radius 2 is 2.00 bits per heavy atom. The molecule has 0 aromatic heterocycles. The minimum absolute atomic E-state index is 0. The van der Waals surface area contributed by atoms with Gasteiger partial charge >= 0.3 is 41.5 Å². The van der Waals surface area contributed by atoms with E-state index in [0.29, 0.717) is 0 Å². The number of ether oxygens (including phenoxy) is 1. The maximum absolute atomic E-state index is 9.86. The summed E-state index contributed by atoms with van der Waals surface area (Å²) < 4.78 is 4.06. The van der Waals surface area contributed by atoms with E-state index in [0.717, 1.165) is 6.92 Å². The molecule has 4 nitrogen and oxygen atoms in total. The molecule has 0 aliphatic heterocycles. The monoisotopic (exact) mass is 142 g/mol. The average Bonchev–Trinajstić information content (AvgIpc) is 1.61. The Balaban J connectivity index is 0. The number of aliphatic carboxylic acids is 1. The van der Waals surface area contributed by atoms with Crippen LogP contribution in [-0.2, 0) is 14.3 Å². The summed E-state index contributed by atoms with van der Waals surface area (Å²) >= 11 is 0. The number of carbonyl (C=O) groups excluding carboxylic acids is 1. The summed E-state index contributed by atoms with van der Waals surface area (Å²) in [6.07, 6.45) is 0. The summed E-state index contributed by atoms with van der Waals surface area (Å²) in [5.41, 5.74) is 0. The van der Waals surface area contributed by atoms with E-state index in [1.807, 2.05) is 0 Å². The number of rotatable bonds is 2. The van der Waals surface area contributed by atoms with Crippen molar-refractivity contribution in [3.05, 3.63) is 0 Å². The van der Waals surface area contributed by atoms with Crippen LogP contribution >= 0.6 is 0 Å². The normalized spacial score (nSPS) is 7.22. The van der Waals surface area contributed by atoms with Gasteiger partial charge in [-0.25, -0.2) is 4.79 Å². The second-order valence-corrected chi connectivity index (χ2v) is 1.17. The number of carboxylic acids is 1. The third-order valence-corrected chi connectivity index (χ3v) is 0.399. The van der Waals surface area contributed by atoms with Gasteiger partial charge in [-0.2, -0.15) is 0 Å². The Morgan fingerprint density at radius 3 is 2.11 bits per heavy atom. The number of hydrogen-bond donors (Lipinski definition) is 1. The van der Waals surface area contributed by atoms with Gasteiger partial charge < -0.3 is 9.84 Å². The van der Waals surface area contributed by atoms with Gasteiger partial charge in [0.2, 0.25) is 0 Å². The zero-order valence-electron chi connectivity index (χ0n) is 4.38. The SMILES string of the molecule is CC(=O)OCC(=O)O.[NaH]. The van der Waals surface area contributed by atoms with Crippen molar-refractivity contribution < 1.29 is 19.4 Å². The van der Waals surface area contributed by atoms with Crippen molar-refractivity contribution in [3.8, 4) is 0 Å². The van der Waals surface area contributed by atoms with E-state index in [-0.39, 0.29) is 29.6 Å². The predicted octanol–water partition coefficient (Wildman–Crippen LogP) is -1.01. The van der Waals surface area contributed by atoms with E-state index >= 15 is 0 Å². The van der Waals surface area contributed by atoms with E-state index in [4.69, 9.17) is 5.11 Å². The fourth-order valence-electron chi connectivity index (χ4n) is 0.163. The van der Waals surface area contributed by atoms with Crippen molar-refractivity contribution in [2.24, 2.45) is 0 Å². The second kappa shape index (κ2) is 6.07. The Hall–Kier alpha value is -0.0600. The van der Waals surface area contributed by atoms with Crippen molar-refractivity contribution in [1.29, 1.82) is 0 Å². The van der Waals surface area contributed by atoms with Crippen LogP contribution in [0, 0.1) is 0 Å². The summed E-state index contributed by atoms with van der Waals surface area (Å²) in [6.45, 7) is 0.609. The molecule has 1 N–H and O–H groups in total. The van der Waals surface area contributed by atoms with Crippen LogP contribution in [0.2, 0.25) is 0 Å². The number of carbonyl (C=O) groups is 2. The van der Waals surface area contributed by atoms with Crippen LogP contribution in [0.4, 0.5) is 0 Å². The Labute approximate surface area is 74.5 Å². The van der Waals surface area contributed by atoms with Gasteiger partial charge in [-0.1, -0.05) is 0 Å². The molecule has 0 aromatic rings. The number of carboxylic acid groups (broad SMARTS) is 1. The zero-order valence-corrected chi connectivity index (χ0v) is 4.38. The fourth-order valence-corrected chi connectivity index (χ4v) is 0.163. The molecule has 9 heavy (non-hydrogen) atoms. The molecule has 0 saturated heterocycles. The molecular weight excluding hydrogens is 135 g/mol. The van der Waals surface area contributed by atoms with Crippen molar-refractivity contribution in [2.75, 3.05) is 6.61 Å². The zero-order chi connectivity index (χ0) is 6.57. The molecule has 0 aromatic carbocycles. The van der Waals surface area contributed by atoms with E-state index in [1.165, 1.54) is 0 Å². The van der Waals surface area contributed by atoms with Crippen LogP contribution in [0.25, 0.3) is 0 Å². The van der Waals surface area contributed by atoms with Crippen LogP contribution in [-0.4, -0.2) is 53.2 Å². The van der Waals surface area contributed by atoms with E-state index in [1.54, 1.807) is 0 Å². The van der Waals surface area contributed by atoms with Gasteiger partial charge in [0.15, 0.2) is 6.61 Å². The molecule has 0 rings (SSSR count). The predicted molar refractivity (Wildman–Crippen MR) is 31.4 cm³/mol. The Kier molecular flexibility index (Phi) is 7.89. The molecule has 0 heterocycles. The quantitative estimate of drug-likeness (QED) is 0.396. The standard InChI is InChI=1S/C4H6O4.Na.H/c1-3(5)8-2-4(6)7;;/h2H2,1H3,(H,6,7);;. The number of esters is 1. The van der Waals surface area contributed by atoms with Crippen molar-refractivity contribution in [2.45, 2.75) is 6.92 Å².